The predicted octanol–water partition coefficient (Wildman–Crippen LogP) is -1.95. The quantitative estimate of drug-likeness (QED) is 0.361. The Labute approximate surface area is 108 Å². The van der Waals surface area contributed by atoms with Crippen LogP contribution in [0.1, 0.15) is 5.56 Å². The van der Waals surface area contributed by atoms with Crippen molar-refractivity contribution in [2.75, 3.05) is 13.2 Å². The van der Waals surface area contributed by atoms with E-state index in [0.29, 0.717) is 17.6 Å². The van der Waals surface area contributed by atoms with Crippen molar-refractivity contribution < 1.29 is 15.3 Å². The van der Waals surface area contributed by atoms with Crippen molar-refractivity contribution in [1.29, 1.82) is 0 Å². The van der Waals surface area contributed by atoms with Crippen molar-refractivity contribution in [3.8, 4) is 0 Å². The third kappa shape index (κ3) is 2.99. The Morgan fingerprint density at radius 1 is 1.32 bits per heavy atom. The highest BCUT2D eigenvalue weighted by Crippen LogP contribution is 2.10. The van der Waals surface area contributed by atoms with Crippen LogP contribution in [-0.4, -0.2) is 55.6 Å². The summed E-state index contributed by atoms with van der Waals surface area (Å²) < 4.78 is 0. The second-order valence-corrected chi connectivity index (χ2v) is 4.22. The van der Waals surface area contributed by atoms with Crippen molar-refractivity contribution >= 4 is 11.0 Å². The SMILES string of the molecule is O=c1[nH]cnc2c(CNC[C@H](O)[C@H](O)CO)c[nH]c12. The summed E-state index contributed by atoms with van der Waals surface area (Å²) in [5, 5.41) is 30.2. The molecule has 0 radical (unpaired) electrons. The molecule has 0 aliphatic rings. The number of aromatic nitrogens is 3. The van der Waals surface area contributed by atoms with Crippen LogP contribution in [0.3, 0.4) is 0 Å². The second-order valence-electron chi connectivity index (χ2n) is 4.22. The summed E-state index contributed by atoms with van der Waals surface area (Å²) in [6, 6.07) is 0. The molecule has 2 aromatic rings. The van der Waals surface area contributed by atoms with Gasteiger partial charge < -0.3 is 30.6 Å². The van der Waals surface area contributed by atoms with E-state index in [1.165, 1.54) is 6.33 Å². The summed E-state index contributed by atoms with van der Waals surface area (Å²) in [5.41, 5.74) is 1.50. The van der Waals surface area contributed by atoms with Crippen molar-refractivity contribution in [3.05, 3.63) is 28.4 Å². The van der Waals surface area contributed by atoms with E-state index in [1.54, 1.807) is 6.20 Å². The predicted molar refractivity (Wildman–Crippen MR) is 67.5 cm³/mol. The third-order valence-corrected chi connectivity index (χ3v) is 2.85. The maximum atomic E-state index is 11.5. The van der Waals surface area contributed by atoms with E-state index in [-0.39, 0.29) is 12.1 Å². The monoisotopic (exact) mass is 268 g/mol. The van der Waals surface area contributed by atoms with E-state index in [0.717, 1.165) is 5.56 Å². The van der Waals surface area contributed by atoms with Crippen LogP contribution in [0.4, 0.5) is 0 Å². The van der Waals surface area contributed by atoms with Gasteiger partial charge in [0.05, 0.1) is 24.6 Å². The molecule has 0 aliphatic carbocycles. The molecule has 0 aliphatic heterocycles. The first-order valence-electron chi connectivity index (χ1n) is 5.85. The maximum absolute atomic E-state index is 11.5. The van der Waals surface area contributed by atoms with Gasteiger partial charge in [-0.1, -0.05) is 0 Å². The first kappa shape index (κ1) is 13.7. The van der Waals surface area contributed by atoms with Gasteiger partial charge in [0.15, 0.2) is 0 Å². The topological polar surface area (TPSA) is 134 Å². The zero-order valence-electron chi connectivity index (χ0n) is 10.1. The van der Waals surface area contributed by atoms with E-state index >= 15 is 0 Å². The van der Waals surface area contributed by atoms with Gasteiger partial charge in [0, 0.05) is 24.8 Å². The van der Waals surface area contributed by atoms with Gasteiger partial charge in [0.1, 0.15) is 11.6 Å². The number of H-pyrrole nitrogens is 2. The van der Waals surface area contributed by atoms with Gasteiger partial charge in [0.2, 0.25) is 0 Å². The Morgan fingerprint density at radius 2 is 2.11 bits per heavy atom. The molecule has 2 heterocycles. The molecule has 0 aromatic carbocycles. The highest BCUT2D eigenvalue weighted by molar-refractivity contribution is 5.77. The summed E-state index contributed by atoms with van der Waals surface area (Å²) >= 11 is 0. The number of nitrogens with one attached hydrogen (secondary N) is 3. The van der Waals surface area contributed by atoms with Gasteiger partial charge in [-0.15, -0.1) is 0 Å². The van der Waals surface area contributed by atoms with Crippen LogP contribution in [-0.2, 0) is 6.54 Å². The second kappa shape index (κ2) is 5.93. The fourth-order valence-corrected chi connectivity index (χ4v) is 1.75. The first-order chi connectivity index (χ1) is 9.13. The molecule has 6 N–H and O–H groups in total. The molecule has 0 unspecified atom stereocenters. The lowest BCUT2D eigenvalue weighted by Crippen LogP contribution is -2.38. The van der Waals surface area contributed by atoms with Gasteiger partial charge in [-0.2, -0.15) is 0 Å². The number of aromatic amines is 2. The lowest BCUT2D eigenvalue weighted by Gasteiger charge is -2.15. The molecular weight excluding hydrogens is 252 g/mol. The van der Waals surface area contributed by atoms with E-state index in [2.05, 4.69) is 20.3 Å². The summed E-state index contributed by atoms with van der Waals surface area (Å²) in [6.45, 7) is 0.0100. The lowest BCUT2D eigenvalue weighted by molar-refractivity contribution is -0.0129. The molecule has 0 saturated heterocycles. The molecule has 19 heavy (non-hydrogen) atoms. The van der Waals surface area contributed by atoms with Crippen LogP contribution in [0.5, 0.6) is 0 Å². The maximum Gasteiger partial charge on any atom is 0.275 e. The number of rotatable bonds is 6. The number of hydrogen-bond acceptors (Lipinski definition) is 6. The minimum atomic E-state index is -1.17. The summed E-state index contributed by atoms with van der Waals surface area (Å²) in [6.07, 6.45) is 0.768. The number of aliphatic hydroxyl groups excluding tert-OH is 3. The van der Waals surface area contributed by atoms with Gasteiger partial charge in [0.25, 0.3) is 5.56 Å². The van der Waals surface area contributed by atoms with Gasteiger partial charge in [-0.25, -0.2) is 4.98 Å². The molecule has 0 amide bonds. The van der Waals surface area contributed by atoms with E-state index < -0.39 is 18.8 Å². The Balaban J connectivity index is 1.99. The number of aliphatic hydroxyl groups is 3. The standard InChI is InChI=1S/C11H16N4O4/c16-4-8(18)7(17)3-12-1-6-2-13-10-9(6)14-5-15-11(10)19/h2,5,7-8,12-13,16-18H,1,3-4H2,(H,14,15,19)/t7-,8+/m0/s1. The molecule has 104 valence electrons. The van der Waals surface area contributed by atoms with Gasteiger partial charge in [-0.05, 0) is 0 Å². The zero-order chi connectivity index (χ0) is 13.8. The molecule has 2 atom stereocenters. The molecule has 8 heteroatoms. The number of hydrogen-bond donors (Lipinski definition) is 6. The van der Waals surface area contributed by atoms with E-state index in [4.69, 9.17) is 5.11 Å². The molecule has 0 spiro atoms. The number of nitrogens with zero attached hydrogens (tertiary/aromatic N) is 1. The van der Waals surface area contributed by atoms with Gasteiger partial charge in [-0.3, -0.25) is 4.79 Å². The molecule has 2 rings (SSSR count). The van der Waals surface area contributed by atoms with Crippen LogP contribution in [0, 0.1) is 0 Å². The van der Waals surface area contributed by atoms with Crippen molar-refractivity contribution in [1.82, 2.24) is 20.3 Å². The Morgan fingerprint density at radius 3 is 2.84 bits per heavy atom. The van der Waals surface area contributed by atoms with Crippen molar-refractivity contribution in [2.24, 2.45) is 0 Å². The highest BCUT2D eigenvalue weighted by Gasteiger charge is 2.15. The summed E-state index contributed by atoms with van der Waals surface area (Å²) in [4.78, 5) is 20.8. The first-order valence-corrected chi connectivity index (χ1v) is 5.85. The summed E-state index contributed by atoms with van der Waals surface area (Å²) in [7, 11) is 0. The fraction of sp³-hybridized carbons (Fsp3) is 0.455. The Hall–Kier alpha value is -1.74. The highest BCUT2D eigenvalue weighted by atomic mass is 16.4. The molecule has 2 aromatic heterocycles. The van der Waals surface area contributed by atoms with Gasteiger partial charge >= 0.3 is 0 Å². The normalized spacial score (nSPS) is 14.7. The molecule has 0 bridgehead atoms. The van der Waals surface area contributed by atoms with Crippen LogP contribution < -0.4 is 10.9 Å². The largest absolute Gasteiger partial charge is 0.394 e. The van der Waals surface area contributed by atoms with Crippen molar-refractivity contribution in [3.63, 3.8) is 0 Å². The van der Waals surface area contributed by atoms with E-state index in [9.17, 15) is 15.0 Å². The van der Waals surface area contributed by atoms with Crippen LogP contribution >= 0.6 is 0 Å². The smallest absolute Gasteiger partial charge is 0.275 e. The molecule has 0 saturated carbocycles. The Kier molecular flexibility index (Phi) is 4.27. The summed E-state index contributed by atoms with van der Waals surface area (Å²) in [5.74, 6) is 0. The van der Waals surface area contributed by atoms with Crippen LogP contribution in [0.2, 0.25) is 0 Å². The minimum absolute atomic E-state index is 0.123. The third-order valence-electron chi connectivity index (χ3n) is 2.85. The Bertz CT molecular complexity index is 594. The van der Waals surface area contributed by atoms with Crippen LogP contribution in [0.25, 0.3) is 11.0 Å². The fourth-order valence-electron chi connectivity index (χ4n) is 1.75. The molecule has 0 fully saturated rings. The zero-order valence-corrected chi connectivity index (χ0v) is 10.1. The lowest BCUT2D eigenvalue weighted by atomic mass is 10.2. The minimum Gasteiger partial charge on any atom is -0.394 e. The van der Waals surface area contributed by atoms with Crippen LogP contribution in [0.15, 0.2) is 17.3 Å². The average Bonchev–Trinajstić information content (AvgIpc) is 2.82. The molecular formula is C11H16N4O4. The molecule has 8 nitrogen and oxygen atoms in total. The average molecular weight is 268 g/mol. The number of fused-ring (bicyclic) bond motifs is 1. The van der Waals surface area contributed by atoms with Crippen molar-refractivity contribution in [2.45, 2.75) is 18.8 Å². The van der Waals surface area contributed by atoms with E-state index in [1.807, 2.05) is 0 Å².